The molecule has 0 heterocycles. The molecule has 0 aromatic heterocycles. The molecule has 0 bridgehead atoms. The summed E-state index contributed by atoms with van der Waals surface area (Å²) >= 11 is 0. The zero-order chi connectivity index (χ0) is 19.8. The van der Waals surface area contributed by atoms with Crippen molar-refractivity contribution in [2.45, 2.75) is 26.8 Å². The number of hydrogen-bond donors (Lipinski definition) is 1. The topological polar surface area (TPSA) is 84.7 Å². The molecule has 2 rings (SSSR count). The Bertz CT molecular complexity index is 790. The van der Waals surface area contributed by atoms with Crippen LogP contribution >= 0.6 is 0 Å². The molecule has 0 saturated carbocycles. The van der Waals surface area contributed by atoms with E-state index in [1.54, 1.807) is 19.1 Å². The highest BCUT2D eigenvalue weighted by Gasteiger charge is 2.15. The molecule has 2 aromatic carbocycles. The van der Waals surface area contributed by atoms with Gasteiger partial charge in [0.15, 0.2) is 0 Å². The number of hydrogen-bond acceptors (Lipinski definition) is 5. The molecule has 1 N–H and O–H groups in total. The maximum absolute atomic E-state index is 12.2. The van der Waals surface area contributed by atoms with Crippen molar-refractivity contribution in [3.63, 3.8) is 0 Å². The minimum atomic E-state index is -0.449. The van der Waals surface area contributed by atoms with Crippen LogP contribution in [-0.4, -0.2) is 35.9 Å². The fourth-order valence-corrected chi connectivity index (χ4v) is 2.71. The Morgan fingerprint density at radius 2 is 1.93 bits per heavy atom. The highest BCUT2D eigenvalue weighted by atomic mass is 16.6. The van der Waals surface area contributed by atoms with Crippen molar-refractivity contribution in [2.75, 3.05) is 25.5 Å². The summed E-state index contributed by atoms with van der Waals surface area (Å²) in [6, 6.07) is 12.6. The van der Waals surface area contributed by atoms with Gasteiger partial charge < -0.3 is 15.0 Å². The summed E-state index contributed by atoms with van der Waals surface area (Å²) in [6.45, 7) is 5.51. The normalized spacial score (nSPS) is 10.7. The number of rotatable bonds is 9. The summed E-state index contributed by atoms with van der Waals surface area (Å²) in [6.07, 6.45) is 0.301. The molecule has 27 heavy (non-hydrogen) atoms. The van der Waals surface area contributed by atoms with Crippen LogP contribution in [0.1, 0.15) is 24.5 Å². The zero-order valence-corrected chi connectivity index (χ0v) is 15.9. The van der Waals surface area contributed by atoms with Crippen LogP contribution in [0.25, 0.3) is 0 Å². The summed E-state index contributed by atoms with van der Waals surface area (Å²) in [5.74, 6) is 0.674. The van der Waals surface area contributed by atoms with E-state index in [0.717, 1.165) is 17.9 Å². The summed E-state index contributed by atoms with van der Waals surface area (Å²) in [5.41, 5.74) is 2.07. The lowest BCUT2D eigenvalue weighted by Crippen LogP contribution is -2.24. The van der Waals surface area contributed by atoms with Gasteiger partial charge >= 0.3 is 0 Å². The Kier molecular flexibility index (Phi) is 7.31. The van der Waals surface area contributed by atoms with E-state index >= 15 is 0 Å². The van der Waals surface area contributed by atoms with Crippen LogP contribution in [0.3, 0.4) is 0 Å². The van der Waals surface area contributed by atoms with Crippen molar-refractivity contribution in [3.05, 3.63) is 63.7 Å². The number of ether oxygens (including phenoxy) is 1. The maximum Gasteiger partial charge on any atom is 0.274 e. The summed E-state index contributed by atoms with van der Waals surface area (Å²) in [5, 5.41) is 13.7. The molecule has 7 heteroatoms. The highest BCUT2D eigenvalue weighted by molar-refractivity contribution is 5.92. The van der Waals surface area contributed by atoms with Gasteiger partial charge in [0.1, 0.15) is 5.75 Å². The van der Waals surface area contributed by atoms with Crippen molar-refractivity contribution >= 4 is 17.3 Å². The number of amides is 1. The molecule has 0 aliphatic carbocycles. The number of nitrogens with zero attached hydrogens (tertiary/aromatic N) is 2. The maximum atomic E-state index is 12.2. The third-order valence-electron chi connectivity index (χ3n) is 4.18. The molecular weight excluding hydrogens is 346 g/mol. The van der Waals surface area contributed by atoms with Crippen LogP contribution in [0.15, 0.2) is 42.5 Å². The molecule has 0 atom stereocenters. The number of carbonyl (C=O) groups is 1. The molecule has 0 saturated heterocycles. The van der Waals surface area contributed by atoms with Crippen molar-refractivity contribution in [3.8, 4) is 5.75 Å². The van der Waals surface area contributed by atoms with E-state index in [1.807, 2.05) is 38.2 Å². The largest absolute Gasteiger partial charge is 0.494 e. The first-order valence-electron chi connectivity index (χ1n) is 8.84. The lowest BCUT2D eigenvalue weighted by atomic mass is 10.1. The molecule has 0 radical (unpaired) electrons. The summed E-state index contributed by atoms with van der Waals surface area (Å²) in [7, 11) is 1.95. The van der Waals surface area contributed by atoms with Gasteiger partial charge in [-0.2, -0.15) is 0 Å². The molecule has 1 amide bonds. The Morgan fingerprint density at radius 1 is 1.22 bits per heavy atom. The van der Waals surface area contributed by atoms with Gasteiger partial charge in [-0.15, -0.1) is 0 Å². The molecule has 144 valence electrons. The molecule has 7 nitrogen and oxygen atoms in total. The highest BCUT2D eigenvalue weighted by Crippen LogP contribution is 2.25. The van der Waals surface area contributed by atoms with E-state index in [9.17, 15) is 14.9 Å². The first-order valence-corrected chi connectivity index (χ1v) is 8.84. The number of nitrogens with one attached hydrogen (secondary N) is 1. The van der Waals surface area contributed by atoms with Crippen molar-refractivity contribution in [1.29, 1.82) is 0 Å². The van der Waals surface area contributed by atoms with E-state index in [1.165, 1.54) is 6.07 Å². The second-order valence-electron chi connectivity index (χ2n) is 6.32. The Morgan fingerprint density at radius 3 is 2.56 bits per heavy atom. The standard InChI is InChI=1S/C20H25N3O4/c1-4-27-17-10-8-16(9-11-17)14-22(3)13-12-20(24)21-18-6-5-7-19(15(18)2)23(25)26/h5-11H,4,12-14H2,1-3H3,(H,21,24). The van der Waals surface area contributed by atoms with E-state index in [2.05, 4.69) is 10.2 Å². The number of anilines is 1. The van der Waals surface area contributed by atoms with Gasteiger partial charge in [-0.3, -0.25) is 14.9 Å². The van der Waals surface area contributed by atoms with E-state index in [0.29, 0.717) is 30.8 Å². The van der Waals surface area contributed by atoms with E-state index in [-0.39, 0.29) is 11.6 Å². The van der Waals surface area contributed by atoms with Crippen LogP contribution in [0.5, 0.6) is 5.75 Å². The minimum Gasteiger partial charge on any atom is -0.494 e. The van der Waals surface area contributed by atoms with Crippen LogP contribution in [0.4, 0.5) is 11.4 Å². The quantitative estimate of drug-likeness (QED) is 0.536. The Hall–Kier alpha value is -2.93. The average Bonchev–Trinajstić information content (AvgIpc) is 2.63. The van der Waals surface area contributed by atoms with Gasteiger partial charge in [0.05, 0.1) is 22.8 Å². The molecular formula is C20H25N3O4. The molecule has 0 spiro atoms. The predicted molar refractivity (Wildman–Crippen MR) is 105 cm³/mol. The van der Waals surface area contributed by atoms with E-state index < -0.39 is 4.92 Å². The third-order valence-corrected chi connectivity index (χ3v) is 4.18. The number of carbonyl (C=O) groups excluding carboxylic acids is 1. The lowest BCUT2D eigenvalue weighted by Gasteiger charge is -2.17. The molecule has 0 unspecified atom stereocenters. The fraction of sp³-hybridized carbons (Fsp3) is 0.350. The number of benzene rings is 2. The molecule has 0 aliphatic rings. The summed E-state index contributed by atoms with van der Waals surface area (Å²) in [4.78, 5) is 24.8. The smallest absolute Gasteiger partial charge is 0.274 e. The SMILES string of the molecule is CCOc1ccc(CN(C)CCC(=O)Nc2cccc([N+](=O)[O-])c2C)cc1. The first kappa shape index (κ1) is 20.4. The van der Waals surface area contributed by atoms with Crippen molar-refractivity contribution < 1.29 is 14.5 Å². The second kappa shape index (κ2) is 9.68. The predicted octanol–water partition coefficient (Wildman–Crippen LogP) is 3.76. The van der Waals surface area contributed by atoms with E-state index in [4.69, 9.17) is 4.74 Å². The first-order chi connectivity index (χ1) is 12.9. The van der Waals surface area contributed by atoms with Crippen LogP contribution in [-0.2, 0) is 11.3 Å². The minimum absolute atomic E-state index is 0.000387. The number of nitro benzene ring substituents is 1. The van der Waals surface area contributed by atoms with Gasteiger partial charge in [-0.05, 0) is 44.7 Å². The van der Waals surface area contributed by atoms with Gasteiger partial charge in [0.2, 0.25) is 5.91 Å². The molecule has 0 aliphatic heterocycles. The van der Waals surface area contributed by atoms with Gasteiger partial charge in [0, 0.05) is 25.6 Å². The van der Waals surface area contributed by atoms with Gasteiger partial charge in [-0.25, -0.2) is 0 Å². The van der Waals surface area contributed by atoms with Gasteiger partial charge in [-0.1, -0.05) is 18.2 Å². The monoisotopic (exact) mass is 371 g/mol. The van der Waals surface area contributed by atoms with Crippen LogP contribution < -0.4 is 10.1 Å². The number of nitro groups is 1. The molecule has 0 fully saturated rings. The zero-order valence-electron chi connectivity index (χ0n) is 15.9. The van der Waals surface area contributed by atoms with Crippen LogP contribution in [0.2, 0.25) is 0 Å². The summed E-state index contributed by atoms with van der Waals surface area (Å²) < 4.78 is 5.43. The van der Waals surface area contributed by atoms with Gasteiger partial charge in [0.25, 0.3) is 5.69 Å². The Labute approximate surface area is 159 Å². The lowest BCUT2D eigenvalue weighted by molar-refractivity contribution is -0.385. The second-order valence-corrected chi connectivity index (χ2v) is 6.32. The third kappa shape index (κ3) is 6.07. The fourth-order valence-electron chi connectivity index (χ4n) is 2.71. The average molecular weight is 371 g/mol. The Balaban J connectivity index is 1.84. The van der Waals surface area contributed by atoms with Crippen molar-refractivity contribution in [2.24, 2.45) is 0 Å². The van der Waals surface area contributed by atoms with Crippen LogP contribution in [0, 0.1) is 17.0 Å². The molecule has 2 aromatic rings. The van der Waals surface area contributed by atoms with Crippen molar-refractivity contribution in [1.82, 2.24) is 4.90 Å².